The van der Waals surface area contributed by atoms with Crippen molar-refractivity contribution < 1.29 is 4.79 Å². The maximum absolute atomic E-state index is 11.1. The Kier molecular flexibility index (Phi) is 3.07. The van der Waals surface area contributed by atoms with Gasteiger partial charge < -0.3 is 0 Å². The van der Waals surface area contributed by atoms with E-state index < -0.39 is 0 Å². The summed E-state index contributed by atoms with van der Waals surface area (Å²) in [6, 6.07) is 3.77. The summed E-state index contributed by atoms with van der Waals surface area (Å²) in [6.07, 6.45) is 0. The lowest BCUT2D eigenvalue weighted by atomic mass is 10.1. The fraction of sp³-hybridized carbons (Fsp3) is 0.222. The first kappa shape index (κ1) is 9.93. The molecule has 0 atom stereocenters. The van der Waals surface area contributed by atoms with Gasteiger partial charge in [0.1, 0.15) is 0 Å². The van der Waals surface area contributed by atoms with Crippen LogP contribution >= 0.6 is 31.9 Å². The molecule has 0 amide bonds. The monoisotopic (exact) mass is 290 g/mol. The highest BCUT2D eigenvalue weighted by atomic mass is 79.9. The molecule has 0 aromatic heterocycles. The van der Waals surface area contributed by atoms with Gasteiger partial charge in [0.15, 0.2) is 5.78 Å². The topological polar surface area (TPSA) is 17.1 Å². The SMILES string of the molecule is CC(=O)c1cc(Br)cc(Br)c1C. The Hall–Kier alpha value is -0.150. The zero-order valence-corrected chi connectivity index (χ0v) is 9.99. The third kappa shape index (κ3) is 1.96. The smallest absolute Gasteiger partial charge is 0.160 e. The predicted octanol–water partition coefficient (Wildman–Crippen LogP) is 3.72. The van der Waals surface area contributed by atoms with Gasteiger partial charge in [0.2, 0.25) is 0 Å². The average molecular weight is 292 g/mol. The molecule has 3 heteroatoms. The van der Waals surface area contributed by atoms with Crippen LogP contribution in [0.25, 0.3) is 0 Å². The number of carbonyl (C=O) groups excluding carboxylic acids is 1. The number of hydrogen-bond donors (Lipinski definition) is 0. The van der Waals surface area contributed by atoms with Crippen LogP contribution < -0.4 is 0 Å². The van der Waals surface area contributed by atoms with E-state index in [1.165, 1.54) is 0 Å². The second-order valence-corrected chi connectivity index (χ2v) is 4.39. The van der Waals surface area contributed by atoms with E-state index in [1.54, 1.807) is 6.92 Å². The van der Waals surface area contributed by atoms with Crippen molar-refractivity contribution in [1.82, 2.24) is 0 Å². The first-order valence-corrected chi connectivity index (χ1v) is 5.07. The van der Waals surface area contributed by atoms with E-state index in [-0.39, 0.29) is 5.78 Å². The lowest BCUT2D eigenvalue weighted by Crippen LogP contribution is -1.96. The molecule has 0 N–H and O–H groups in total. The number of rotatable bonds is 1. The number of halogens is 2. The Balaban J connectivity index is 3.37. The van der Waals surface area contributed by atoms with Gasteiger partial charge in [-0.25, -0.2) is 0 Å². The molecule has 64 valence electrons. The number of ketones is 1. The van der Waals surface area contributed by atoms with Gasteiger partial charge in [0, 0.05) is 14.5 Å². The Morgan fingerprint density at radius 3 is 2.42 bits per heavy atom. The summed E-state index contributed by atoms with van der Waals surface area (Å²) < 4.78 is 1.88. The van der Waals surface area contributed by atoms with E-state index in [2.05, 4.69) is 31.9 Å². The summed E-state index contributed by atoms with van der Waals surface area (Å²) in [6.45, 7) is 3.49. The van der Waals surface area contributed by atoms with Crippen LogP contribution in [0.1, 0.15) is 22.8 Å². The van der Waals surface area contributed by atoms with Crippen LogP contribution in [0.5, 0.6) is 0 Å². The second kappa shape index (κ2) is 3.71. The van der Waals surface area contributed by atoms with E-state index in [0.717, 1.165) is 20.1 Å². The standard InChI is InChI=1S/C9H8Br2O/c1-5-8(6(2)12)3-7(10)4-9(5)11/h3-4H,1-2H3. The van der Waals surface area contributed by atoms with E-state index in [9.17, 15) is 4.79 Å². The van der Waals surface area contributed by atoms with Crippen molar-refractivity contribution in [2.75, 3.05) is 0 Å². The molecular formula is C9H8Br2O. The minimum atomic E-state index is 0.0921. The molecule has 0 saturated heterocycles. The minimum Gasteiger partial charge on any atom is -0.294 e. The summed E-state index contributed by atoms with van der Waals surface area (Å²) in [7, 11) is 0. The molecule has 0 aliphatic carbocycles. The molecule has 0 saturated carbocycles. The number of carbonyl (C=O) groups is 1. The summed E-state index contributed by atoms with van der Waals surface area (Å²) in [5.74, 6) is 0.0921. The number of benzene rings is 1. The molecule has 0 bridgehead atoms. The summed E-state index contributed by atoms with van der Waals surface area (Å²) >= 11 is 6.72. The lowest BCUT2D eigenvalue weighted by Gasteiger charge is -2.04. The van der Waals surface area contributed by atoms with Crippen molar-refractivity contribution in [2.24, 2.45) is 0 Å². The van der Waals surface area contributed by atoms with Crippen LogP contribution in [0.3, 0.4) is 0 Å². The van der Waals surface area contributed by atoms with E-state index >= 15 is 0 Å². The maximum Gasteiger partial charge on any atom is 0.160 e. The van der Waals surface area contributed by atoms with Gasteiger partial charge in [-0.2, -0.15) is 0 Å². The van der Waals surface area contributed by atoms with Crippen molar-refractivity contribution >= 4 is 37.6 Å². The summed E-state index contributed by atoms with van der Waals surface area (Å²) in [5.41, 5.74) is 1.75. The van der Waals surface area contributed by atoms with Gasteiger partial charge in [-0.1, -0.05) is 31.9 Å². The first-order chi connectivity index (χ1) is 5.52. The molecule has 0 radical (unpaired) electrons. The van der Waals surface area contributed by atoms with Crippen LogP contribution in [0.2, 0.25) is 0 Å². The average Bonchev–Trinajstić information content (AvgIpc) is 1.96. The summed E-state index contributed by atoms with van der Waals surface area (Å²) in [5, 5.41) is 0. The molecule has 0 heterocycles. The Morgan fingerprint density at radius 1 is 1.33 bits per heavy atom. The van der Waals surface area contributed by atoms with Crippen LogP contribution in [0.4, 0.5) is 0 Å². The van der Waals surface area contributed by atoms with Crippen molar-refractivity contribution in [3.05, 3.63) is 32.2 Å². The fourth-order valence-electron chi connectivity index (χ4n) is 1.01. The van der Waals surface area contributed by atoms with Crippen molar-refractivity contribution in [3.8, 4) is 0 Å². The Bertz CT molecular complexity index is 332. The molecule has 0 aliphatic rings. The fourth-order valence-corrected chi connectivity index (χ4v) is 2.24. The molecule has 0 spiro atoms. The predicted molar refractivity (Wildman–Crippen MR) is 56.6 cm³/mol. The van der Waals surface area contributed by atoms with Crippen molar-refractivity contribution in [2.45, 2.75) is 13.8 Å². The van der Waals surface area contributed by atoms with Gasteiger partial charge in [0.25, 0.3) is 0 Å². The molecule has 1 aromatic rings. The molecule has 1 aromatic carbocycles. The van der Waals surface area contributed by atoms with Gasteiger partial charge in [-0.3, -0.25) is 4.79 Å². The minimum absolute atomic E-state index is 0.0921. The van der Waals surface area contributed by atoms with Crippen LogP contribution in [0, 0.1) is 6.92 Å². The van der Waals surface area contributed by atoms with Gasteiger partial charge in [-0.15, -0.1) is 0 Å². The third-order valence-corrected chi connectivity index (χ3v) is 2.97. The second-order valence-electron chi connectivity index (χ2n) is 2.62. The quantitative estimate of drug-likeness (QED) is 0.721. The summed E-state index contributed by atoms with van der Waals surface area (Å²) in [4.78, 5) is 11.1. The highest BCUT2D eigenvalue weighted by Crippen LogP contribution is 2.25. The largest absolute Gasteiger partial charge is 0.294 e. The zero-order valence-electron chi connectivity index (χ0n) is 6.82. The van der Waals surface area contributed by atoms with Gasteiger partial charge in [-0.05, 0) is 31.5 Å². The Morgan fingerprint density at radius 2 is 1.92 bits per heavy atom. The van der Waals surface area contributed by atoms with E-state index in [1.807, 2.05) is 19.1 Å². The van der Waals surface area contributed by atoms with Crippen molar-refractivity contribution in [1.29, 1.82) is 0 Å². The molecular weight excluding hydrogens is 284 g/mol. The maximum atomic E-state index is 11.1. The van der Waals surface area contributed by atoms with E-state index in [0.29, 0.717) is 0 Å². The van der Waals surface area contributed by atoms with Crippen LogP contribution in [-0.2, 0) is 0 Å². The van der Waals surface area contributed by atoms with E-state index in [4.69, 9.17) is 0 Å². The molecule has 0 fully saturated rings. The molecule has 0 aliphatic heterocycles. The third-order valence-electron chi connectivity index (χ3n) is 1.69. The molecule has 1 rings (SSSR count). The molecule has 12 heavy (non-hydrogen) atoms. The highest BCUT2D eigenvalue weighted by molar-refractivity contribution is 9.11. The molecule has 1 nitrogen and oxygen atoms in total. The van der Waals surface area contributed by atoms with Gasteiger partial charge in [0.05, 0.1) is 0 Å². The lowest BCUT2D eigenvalue weighted by molar-refractivity contribution is 0.101. The number of hydrogen-bond acceptors (Lipinski definition) is 1. The Labute approximate surface area is 88.4 Å². The molecule has 0 unspecified atom stereocenters. The van der Waals surface area contributed by atoms with Gasteiger partial charge >= 0.3 is 0 Å². The van der Waals surface area contributed by atoms with Crippen LogP contribution in [0.15, 0.2) is 21.1 Å². The highest BCUT2D eigenvalue weighted by Gasteiger charge is 2.07. The van der Waals surface area contributed by atoms with Crippen LogP contribution in [-0.4, -0.2) is 5.78 Å². The zero-order chi connectivity index (χ0) is 9.30. The number of Topliss-reactive ketones (excluding diaryl/α,β-unsaturated/α-hetero) is 1. The normalized spacial score (nSPS) is 10.0. The first-order valence-electron chi connectivity index (χ1n) is 3.49. The van der Waals surface area contributed by atoms with Crippen molar-refractivity contribution in [3.63, 3.8) is 0 Å².